The van der Waals surface area contributed by atoms with Crippen molar-refractivity contribution in [2.75, 3.05) is 0 Å². The second kappa shape index (κ2) is 17.8. The summed E-state index contributed by atoms with van der Waals surface area (Å²) in [7, 11) is 0. The van der Waals surface area contributed by atoms with Crippen LogP contribution < -0.4 is 0 Å². The van der Waals surface area contributed by atoms with Gasteiger partial charge in [0.15, 0.2) is 0 Å². The molecule has 5 heteroatoms. The van der Waals surface area contributed by atoms with Crippen molar-refractivity contribution in [3.05, 3.63) is 168 Å². The fourth-order valence-corrected chi connectivity index (χ4v) is 6.86. The Morgan fingerprint density at radius 3 is 1.26 bits per heavy atom. The molecule has 4 nitrogen and oxygen atoms in total. The second-order valence-electron chi connectivity index (χ2n) is 14.6. The molecule has 5 aromatic carbocycles. The molecule has 273 valence electrons. The molecule has 2 aromatic heterocycles. The minimum Gasteiger partial charge on any atom is -0.340 e. The van der Waals surface area contributed by atoms with E-state index in [-0.39, 0.29) is 20.1 Å². The number of para-hydroxylation sites is 1. The van der Waals surface area contributed by atoms with Crippen LogP contribution in [0.5, 0.6) is 0 Å². The summed E-state index contributed by atoms with van der Waals surface area (Å²) in [5.41, 5.74) is 12.5. The number of aromatic nitrogens is 4. The Hall–Kier alpha value is -4.83. The minimum atomic E-state index is 0. The molecule has 0 N–H and O–H groups in total. The summed E-state index contributed by atoms with van der Waals surface area (Å²) in [6, 6.07) is 44.6. The molecule has 0 saturated carbocycles. The van der Waals surface area contributed by atoms with E-state index in [1.54, 1.807) is 0 Å². The average molecular weight is 875 g/mol. The molecule has 2 heterocycles. The van der Waals surface area contributed by atoms with Gasteiger partial charge in [-0.2, -0.15) is 0 Å². The molecule has 7 aromatic rings. The summed E-state index contributed by atoms with van der Waals surface area (Å²) in [6.07, 6.45) is 7.89. The summed E-state index contributed by atoms with van der Waals surface area (Å²) in [5.74, 6) is 3.57. The molecule has 0 atom stereocenters. The zero-order valence-corrected chi connectivity index (χ0v) is 34.5. The van der Waals surface area contributed by atoms with E-state index in [1.807, 2.05) is 48.8 Å². The summed E-state index contributed by atoms with van der Waals surface area (Å²) in [5, 5.41) is 0. The van der Waals surface area contributed by atoms with Crippen molar-refractivity contribution < 1.29 is 20.1 Å². The van der Waals surface area contributed by atoms with Crippen LogP contribution in [0.25, 0.3) is 45.3 Å². The Morgan fingerprint density at radius 1 is 0.453 bits per heavy atom. The van der Waals surface area contributed by atoms with E-state index in [0.717, 1.165) is 22.8 Å². The molecule has 0 spiro atoms. The summed E-state index contributed by atoms with van der Waals surface area (Å²) < 4.78 is 4.46. The number of imidazole rings is 2. The maximum Gasteiger partial charge on any atom is 0.0602 e. The second-order valence-corrected chi connectivity index (χ2v) is 14.6. The first-order valence-corrected chi connectivity index (χ1v) is 18.5. The Labute approximate surface area is 330 Å². The van der Waals surface area contributed by atoms with Crippen molar-refractivity contribution in [3.63, 3.8) is 0 Å². The number of nitrogens with zero attached hydrogens (tertiary/aromatic N) is 4. The van der Waals surface area contributed by atoms with Gasteiger partial charge in [-0.1, -0.05) is 104 Å². The average Bonchev–Trinajstić information content (AvgIpc) is 3.86. The van der Waals surface area contributed by atoms with Gasteiger partial charge in [0, 0.05) is 56.3 Å². The van der Waals surface area contributed by atoms with E-state index >= 15 is 0 Å². The van der Waals surface area contributed by atoms with Crippen LogP contribution in [-0.2, 0) is 20.1 Å². The predicted molar refractivity (Wildman–Crippen MR) is 217 cm³/mol. The van der Waals surface area contributed by atoms with Crippen LogP contribution in [0.4, 0.5) is 0 Å². The molecular weight excluding hydrogens is 825 g/mol. The monoisotopic (exact) mass is 875 g/mol. The number of rotatable bonds is 9. The maximum absolute atomic E-state index is 4.68. The molecule has 0 aliphatic carbocycles. The molecule has 7 rings (SSSR count). The van der Waals surface area contributed by atoms with E-state index in [4.69, 9.17) is 0 Å². The maximum atomic E-state index is 4.68. The van der Waals surface area contributed by atoms with Crippen LogP contribution in [0.15, 0.2) is 134 Å². The molecule has 0 bridgehead atoms. The normalized spacial score (nSPS) is 11.2. The van der Waals surface area contributed by atoms with E-state index < -0.39 is 0 Å². The van der Waals surface area contributed by atoms with E-state index in [0.29, 0.717) is 23.7 Å². The fourth-order valence-electron chi connectivity index (χ4n) is 6.86. The smallest absolute Gasteiger partial charge is 0.0602 e. The number of hydrogen-bond donors (Lipinski definition) is 0. The van der Waals surface area contributed by atoms with Gasteiger partial charge in [-0.3, -0.25) is 9.97 Å². The van der Waals surface area contributed by atoms with Crippen LogP contribution in [0.2, 0.25) is 0 Å². The Balaban J connectivity index is 0.000000206. The third kappa shape index (κ3) is 8.70. The first kappa shape index (κ1) is 39.4. The van der Waals surface area contributed by atoms with Crippen molar-refractivity contribution in [2.24, 2.45) is 0 Å². The molecular formula is C48H50IrN4-2. The standard InChI is InChI=1S/C27H27N2.C21H23N2.Ir/c1-19(2)24-17-23(21-11-7-5-8-12-21)18-25(20(3)4)26(24)29-16-15-28-27(29)22-13-9-6-10-14-22;1-15(2)18-11-8-12-19(16(3)4)20(18)23-14-13-22-21(23)17-9-6-5-7-10-17;/h5-13,15-20H,1-4H3;5-9,11-16H,1-4H3;/q2*-1;. The molecule has 0 fully saturated rings. The predicted octanol–water partition coefficient (Wildman–Crippen LogP) is 12.8. The third-order valence-electron chi connectivity index (χ3n) is 9.53. The first-order chi connectivity index (χ1) is 25.2. The van der Waals surface area contributed by atoms with Crippen molar-refractivity contribution in [1.29, 1.82) is 0 Å². The Morgan fingerprint density at radius 2 is 0.868 bits per heavy atom. The van der Waals surface area contributed by atoms with Gasteiger partial charge in [0.1, 0.15) is 0 Å². The molecule has 1 radical (unpaired) electrons. The van der Waals surface area contributed by atoms with Crippen LogP contribution in [0, 0.1) is 12.1 Å². The topological polar surface area (TPSA) is 35.6 Å². The summed E-state index contributed by atoms with van der Waals surface area (Å²) >= 11 is 0. The van der Waals surface area contributed by atoms with Gasteiger partial charge in [0.25, 0.3) is 0 Å². The third-order valence-corrected chi connectivity index (χ3v) is 9.53. The van der Waals surface area contributed by atoms with E-state index in [1.165, 1.54) is 44.8 Å². The van der Waals surface area contributed by atoms with Crippen molar-refractivity contribution >= 4 is 0 Å². The quantitative estimate of drug-likeness (QED) is 0.135. The molecule has 0 aliphatic rings. The summed E-state index contributed by atoms with van der Waals surface area (Å²) in [4.78, 5) is 9.27. The van der Waals surface area contributed by atoms with Crippen molar-refractivity contribution in [3.8, 4) is 45.3 Å². The number of benzene rings is 5. The fraction of sp³-hybridized carbons (Fsp3) is 0.250. The van der Waals surface area contributed by atoms with Crippen LogP contribution in [-0.4, -0.2) is 19.1 Å². The van der Waals surface area contributed by atoms with Gasteiger partial charge in [-0.05, 0) is 69.2 Å². The molecule has 0 unspecified atom stereocenters. The molecule has 0 aliphatic heterocycles. The summed E-state index contributed by atoms with van der Waals surface area (Å²) in [6.45, 7) is 18.0. The van der Waals surface area contributed by atoms with Crippen molar-refractivity contribution in [2.45, 2.75) is 79.1 Å². The zero-order valence-electron chi connectivity index (χ0n) is 32.1. The minimum absolute atomic E-state index is 0. The van der Waals surface area contributed by atoms with Gasteiger partial charge in [-0.25, -0.2) is 0 Å². The van der Waals surface area contributed by atoms with Gasteiger partial charge < -0.3 is 9.13 Å². The molecule has 0 amide bonds. The molecule has 53 heavy (non-hydrogen) atoms. The van der Waals surface area contributed by atoms with Gasteiger partial charge in [0.2, 0.25) is 0 Å². The van der Waals surface area contributed by atoms with Gasteiger partial charge in [-0.15, -0.1) is 71.8 Å². The van der Waals surface area contributed by atoms with E-state index in [2.05, 4.69) is 172 Å². The first-order valence-electron chi connectivity index (χ1n) is 18.5. The van der Waals surface area contributed by atoms with Crippen molar-refractivity contribution in [1.82, 2.24) is 19.1 Å². The van der Waals surface area contributed by atoms with Crippen LogP contribution in [0.3, 0.4) is 0 Å². The SMILES string of the molecule is CC(C)c1cc(-c2ccccc2)cc(C(C)C)c1-n1ccnc1-c1[c-]cccc1.CC(C)c1cccc(C(C)C)c1-n1ccnc1-c1[c-]cccc1.[Ir]. The zero-order chi connectivity index (χ0) is 36.8. The molecule has 0 saturated heterocycles. The largest absolute Gasteiger partial charge is 0.340 e. The number of hydrogen-bond acceptors (Lipinski definition) is 2. The Kier molecular flexibility index (Phi) is 13.2. The van der Waals surface area contributed by atoms with E-state index in [9.17, 15) is 0 Å². The van der Waals surface area contributed by atoms with Gasteiger partial charge >= 0.3 is 0 Å². The van der Waals surface area contributed by atoms with Crippen LogP contribution in [0.1, 0.15) is 101 Å². The van der Waals surface area contributed by atoms with Crippen LogP contribution >= 0.6 is 0 Å². The van der Waals surface area contributed by atoms with Gasteiger partial charge in [0.05, 0.1) is 11.6 Å². The Bertz CT molecular complexity index is 2140.